The van der Waals surface area contributed by atoms with Crippen molar-refractivity contribution >= 4 is 28.6 Å². The van der Waals surface area contributed by atoms with Gasteiger partial charge in [-0.1, -0.05) is 19.1 Å². The maximum absolute atomic E-state index is 13.7. The number of nitrogens with one attached hydrogen (secondary N) is 1. The second kappa shape index (κ2) is 12.1. The summed E-state index contributed by atoms with van der Waals surface area (Å²) >= 11 is 0. The summed E-state index contributed by atoms with van der Waals surface area (Å²) in [7, 11) is 0. The Labute approximate surface area is 246 Å². The number of oxazole rings is 1. The third-order valence-corrected chi connectivity index (χ3v) is 7.22. The van der Waals surface area contributed by atoms with Crippen LogP contribution in [-0.4, -0.2) is 78.0 Å². The molecule has 1 fully saturated rings. The number of piperazine rings is 1. The molecule has 5 aromatic rings. The van der Waals surface area contributed by atoms with E-state index in [4.69, 9.17) is 4.42 Å². The van der Waals surface area contributed by atoms with Crippen molar-refractivity contribution in [3.8, 4) is 11.5 Å². The van der Waals surface area contributed by atoms with Crippen molar-refractivity contribution in [1.29, 1.82) is 0 Å². The molecule has 220 valence electrons. The van der Waals surface area contributed by atoms with E-state index in [1.807, 2.05) is 6.92 Å². The predicted molar refractivity (Wildman–Crippen MR) is 155 cm³/mol. The number of hydrogen-bond acceptors (Lipinski definition) is 9. The van der Waals surface area contributed by atoms with Crippen molar-refractivity contribution in [1.82, 2.24) is 40.0 Å². The maximum Gasteiger partial charge on any atom is 0.272 e. The molecule has 4 heterocycles. The number of benzene rings is 2. The molecule has 0 spiro atoms. The van der Waals surface area contributed by atoms with Crippen LogP contribution in [-0.2, 0) is 11.3 Å². The number of aromatic nitrogens is 6. The fourth-order valence-electron chi connectivity index (χ4n) is 5.19. The minimum Gasteiger partial charge on any atom is -0.436 e. The maximum atomic E-state index is 13.7. The number of hydrogen-bond donors (Lipinski definition) is 1. The van der Waals surface area contributed by atoms with Gasteiger partial charge in [0.25, 0.3) is 5.91 Å². The molecule has 1 unspecified atom stereocenters. The first-order valence-corrected chi connectivity index (χ1v) is 14.1. The van der Waals surface area contributed by atoms with E-state index in [1.54, 1.807) is 58.4 Å². The van der Waals surface area contributed by atoms with Crippen LogP contribution in [0.4, 0.5) is 10.1 Å². The number of anilines is 1. The van der Waals surface area contributed by atoms with Gasteiger partial charge in [0.15, 0.2) is 11.4 Å². The Kier molecular flexibility index (Phi) is 7.88. The number of halogens is 1. The smallest absolute Gasteiger partial charge is 0.272 e. The number of carbonyl (C=O) groups is 2. The molecule has 1 atom stereocenters. The first-order valence-electron chi connectivity index (χ1n) is 14.1. The summed E-state index contributed by atoms with van der Waals surface area (Å²) in [6.45, 7) is 6.16. The number of amides is 2. The molecule has 2 aromatic carbocycles. The number of rotatable bonds is 8. The Bertz CT molecular complexity index is 1760. The summed E-state index contributed by atoms with van der Waals surface area (Å²) < 4.78 is 19.6. The summed E-state index contributed by atoms with van der Waals surface area (Å²) in [4.78, 5) is 39.3. The average Bonchev–Trinajstić information content (AvgIpc) is 3.65. The first kappa shape index (κ1) is 28.1. The molecule has 1 N–H and O–H groups in total. The second-order valence-corrected chi connectivity index (χ2v) is 10.3. The van der Waals surface area contributed by atoms with E-state index in [9.17, 15) is 14.0 Å². The van der Waals surface area contributed by atoms with Crippen LogP contribution in [0.3, 0.4) is 0 Å². The molecule has 0 aliphatic carbocycles. The normalized spacial score (nSPS) is 14.6. The Morgan fingerprint density at radius 2 is 1.84 bits per heavy atom. The van der Waals surface area contributed by atoms with E-state index in [-0.39, 0.29) is 29.4 Å². The SMILES string of the molecule is CCCn1nnc(C(c2ccc(F)cc2)N2CCN(C(=O)c3cc(-c4nc5cc(NC(C)=O)ccc5o4)ccn3)CC2)n1. The van der Waals surface area contributed by atoms with Crippen LogP contribution in [0.25, 0.3) is 22.6 Å². The Morgan fingerprint density at radius 3 is 2.58 bits per heavy atom. The highest BCUT2D eigenvalue weighted by atomic mass is 19.1. The van der Waals surface area contributed by atoms with Crippen molar-refractivity contribution in [2.24, 2.45) is 0 Å². The zero-order chi connectivity index (χ0) is 29.9. The number of aryl methyl sites for hydroxylation is 1. The van der Waals surface area contributed by atoms with Crippen LogP contribution >= 0.6 is 0 Å². The number of fused-ring (bicyclic) bond motifs is 1. The van der Waals surface area contributed by atoms with E-state index in [0.717, 1.165) is 12.0 Å². The summed E-state index contributed by atoms with van der Waals surface area (Å²) in [5.74, 6) is 0.195. The molecule has 1 aliphatic rings. The molecule has 43 heavy (non-hydrogen) atoms. The lowest BCUT2D eigenvalue weighted by atomic mass is 10.0. The van der Waals surface area contributed by atoms with Gasteiger partial charge in [-0.15, -0.1) is 10.2 Å². The third-order valence-electron chi connectivity index (χ3n) is 7.22. The van der Waals surface area contributed by atoms with Crippen LogP contribution in [0.15, 0.2) is 65.2 Å². The number of nitrogens with zero attached hydrogens (tertiary/aromatic N) is 8. The van der Waals surface area contributed by atoms with Crippen LogP contribution in [0.2, 0.25) is 0 Å². The van der Waals surface area contributed by atoms with Crippen LogP contribution in [0.5, 0.6) is 0 Å². The van der Waals surface area contributed by atoms with Gasteiger partial charge in [-0.2, -0.15) is 4.80 Å². The predicted octanol–water partition coefficient (Wildman–Crippen LogP) is 3.93. The summed E-state index contributed by atoms with van der Waals surface area (Å²) in [5, 5.41) is 15.8. The standard InChI is InChI=1S/C30H30FN9O3/c1-3-12-40-36-28(35-37-40)27(20-4-6-22(31)7-5-20)38-13-15-39(16-14-38)30(42)25-17-21(10-11-32-25)29-34-24-18-23(33-19(2)41)8-9-26(24)43-29/h4-11,17-18,27H,3,12-16H2,1-2H3,(H,33,41). The largest absolute Gasteiger partial charge is 0.436 e. The fourth-order valence-corrected chi connectivity index (χ4v) is 5.19. The molecule has 0 radical (unpaired) electrons. The van der Waals surface area contributed by atoms with Gasteiger partial charge in [0.1, 0.15) is 17.0 Å². The van der Waals surface area contributed by atoms with Crippen LogP contribution in [0.1, 0.15) is 48.2 Å². The Morgan fingerprint density at radius 1 is 1.05 bits per heavy atom. The van der Waals surface area contributed by atoms with E-state index >= 15 is 0 Å². The van der Waals surface area contributed by atoms with Gasteiger partial charge in [-0.3, -0.25) is 19.5 Å². The molecule has 3 aromatic heterocycles. The van der Waals surface area contributed by atoms with E-state index in [1.165, 1.54) is 19.1 Å². The molecule has 1 saturated heterocycles. The monoisotopic (exact) mass is 583 g/mol. The van der Waals surface area contributed by atoms with Gasteiger partial charge < -0.3 is 14.6 Å². The quantitative estimate of drug-likeness (QED) is 0.288. The van der Waals surface area contributed by atoms with E-state index in [0.29, 0.717) is 66.8 Å². The lowest BCUT2D eigenvalue weighted by Gasteiger charge is -2.38. The molecule has 0 saturated carbocycles. The van der Waals surface area contributed by atoms with Crippen molar-refractivity contribution < 1.29 is 18.4 Å². The highest BCUT2D eigenvalue weighted by molar-refractivity contribution is 5.94. The van der Waals surface area contributed by atoms with Crippen molar-refractivity contribution in [2.75, 3.05) is 31.5 Å². The molecule has 13 heteroatoms. The lowest BCUT2D eigenvalue weighted by Crippen LogP contribution is -2.50. The van der Waals surface area contributed by atoms with Gasteiger partial charge in [-0.05, 0) is 59.7 Å². The van der Waals surface area contributed by atoms with Gasteiger partial charge in [0, 0.05) is 50.6 Å². The minimum absolute atomic E-state index is 0.177. The highest BCUT2D eigenvalue weighted by Gasteiger charge is 2.32. The van der Waals surface area contributed by atoms with Crippen molar-refractivity contribution in [3.05, 3.63) is 83.7 Å². The average molecular weight is 584 g/mol. The zero-order valence-corrected chi connectivity index (χ0v) is 23.8. The zero-order valence-electron chi connectivity index (χ0n) is 23.8. The number of tetrazole rings is 1. The fraction of sp³-hybridized carbons (Fsp3) is 0.300. The minimum atomic E-state index is -0.324. The third kappa shape index (κ3) is 6.11. The molecule has 6 rings (SSSR count). The molecular formula is C30H30FN9O3. The Balaban J connectivity index is 1.17. The molecule has 0 bridgehead atoms. The lowest BCUT2D eigenvalue weighted by molar-refractivity contribution is -0.114. The van der Waals surface area contributed by atoms with Gasteiger partial charge >= 0.3 is 0 Å². The first-order chi connectivity index (χ1) is 20.9. The van der Waals surface area contributed by atoms with Gasteiger partial charge in [-0.25, -0.2) is 9.37 Å². The van der Waals surface area contributed by atoms with Gasteiger partial charge in [0.2, 0.25) is 11.8 Å². The Hall–Kier alpha value is -5.04. The van der Waals surface area contributed by atoms with E-state index < -0.39 is 0 Å². The number of pyridine rings is 1. The molecule has 12 nitrogen and oxygen atoms in total. The topological polar surface area (TPSA) is 135 Å². The van der Waals surface area contributed by atoms with Crippen LogP contribution in [0, 0.1) is 5.82 Å². The molecule has 1 aliphatic heterocycles. The molecular weight excluding hydrogens is 553 g/mol. The van der Waals surface area contributed by atoms with E-state index in [2.05, 4.69) is 35.6 Å². The summed E-state index contributed by atoms with van der Waals surface area (Å²) in [6, 6.07) is 14.6. The van der Waals surface area contributed by atoms with Crippen molar-refractivity contribution in [2.45, 2.75) is 32.9 Å². The second-order valence-electron chi connectivity index (χ2n) is 10.3. The summed E-state index contributed by atoms with van der Waals surface area (Å²) in [6.07, 6.45) is 2.44. The van der Waals surface area contributed by atoms with Crippen LogP contribution < -0.4 is 5.32 Å². The molecule has 2 amide bonds. The van der Waals surface area contributed by atoms with Gasteiger partial charge in [0.05, 0.1) is 12.6 Å². The number of carbonyl (C=O) groups excluding carboxylic acids is 2. The highest BCUT2D eigenvalue weighted by Crippen LogP contribution is 2.29. The van der Waals surface area contributed by atoms with Crippen molar-refractivity contribution in [3.63, 3.8) is 0 Å². The summed E-state index contributed by atoms with van der Waals surface area (Å²) in [5.41, 5.74) is 3.52.